The molecule has 134 valence electrons. The molecule has 2 amide bonds. The summed E-state index contributed by atoms with van der Waals surface area (Å²) in [5, 5.41) is 2.63. The maximum absolute atomic E-state index is 12.4. The van der Waals surface area contributed by atoms with Crippen molar-refractivity contribution < 1.29 is 26.9 Å². The molecule has 2 atom stereocenters. The lowest BCUT2D eigenvalue weighted by molar-refractivity contribution is -0.116. The second-order valence-electron chi connectivity index (χ2n) is 6.24. The van der Waals surface area contributed by atoms with E-state index < -0.39 is 21.9 Å². The number of ether oxygens (including phenoxy) is 1. The maximum Gasteiger partial charge on any atom is 0.475 e. The molecule has 0 spiro atoms. The minimum Gasteiger partial charge on any atom is -0.369 e. The van der Waals surface area contributed by atoms with Crippen molar-refractivity contribution in [3.63, 3.8) is 0 Å². The van der Waals surface area contributed by atoms with E-state index in [-0.39, 0.29) is 17.0 Å². The Balaban J connectivity index is 2.03. The van der Waals surface area contributed by atoms with Crippen LogP contribution in [0, 0.1) is 0 Å². The van der Waals surface area contributed by atoms with E-state index in [9.17, 15) is 22.2 Å². The van der Waals surface area contributed by atoms with E-state index in [1.54, 1.807) is 4.90 Å². The predicted octanol–water partition coefficient (Wildman–Crippen LogP) is 3.35. The standard InChI is InChI=1S/C15H19F3N2O3S/c1-10-8-20(9-14(2,3)23-10)13(21)19-11-4-6-12(7-5-11)24(22)15(16,17)18/h4-7,10H,8-9H2,1-3H3,(H,19,21)/t10-,24-/m1/s1. The molecule has 1 aromatic carbocycles. The Hall–Kier alpha value is -1.61. The summed E-state index contributed by atoms with van der Waals surface area (Å²) in [4.78, 5) is 13.5. The van der Waals surface area contributed by atoms with Gasteiger partial charge in [-0.1, -0.05) is 0 Å². The van der Waals surface area contributed by atoms with Crippen LogP contribution in [-0.2, 0) is 15.5 Å². The molecular weight excluding hydrogens is 345 g/mol. The molecule has 0 radical (unpaired) electrons. The van der Waals surface area contributed by atoms with Gasteiger partial charge in [-0.3, -0.25) is 0 Å². The second-order valence-corrected chi connectivity index (χ2v) is 7.71. The Kier molecular flexibility index (Phi) is 5.24. The molecule has 1 heterocycles. The van der Waals surface area contributed by atoms with Crippen molar-refractivity contribution in [1.82, 2.24) is 4.90 Å². The molecule has 1 aliphatic rings. The van der Waals surface area contributed by atoms with Crippen LogP contribution in [0.15, 0.2) is 29.2 Å². The quantitative estimate of drug-likeness (QED) is 0.876. The molecular formula is C15H19F3N2O3S. The van der Waals surface area contributed by atoms with Crippen molar-refractivity contribution >= 4 is 22.5 Å². The van der Waals surface area contributed by atoms with E-state index in [1.165, 1.54) is 12.1 Å². The largest absolute Gasteiger partial charge is 0.475 e. The summed E-state index contributed by atoms with van der Waals surface area (Å²) in [5.74, 6) is 0. The summed E-state index contributed by atoms with van der Waals surface area (Å²) in [5.41, 5.74) is -4.94. The summed E-state index contributed by atoms with van der Waals surface area (Å²) in [6.07, 6.45) is -0.115. The highest BCUT2D eigenvalue weighted by molar-refractivity contribution is 7.86. The molecule has 0 saturated carbocycles. The first-order valence-electron chi connectivity index (χ1n) is 7.30. The number of hydrogen-bond acceptors (Lipinski definition) is 3. The number of urea groups is 1. The molecule has 0 aliphatic carbocycles. The highest BCUT2D eigenvalue weighted by atomic mass is 32.2. The lowest BCUT2D eigenvalue weighted by Crippen LogP contribution is -2.54. The van der Waals surface area contributed by atoms with Gasteiger partial charge >= 0.3 is 11.5 Å². The van der Waals surface area contributed by atoms with Crippen LogP contribution >= 0.6 is 0 Å². The average molecular weight is 364 g/mol. The number of rotatable bonds is 2. The number of carbonyl (C=O) groups is 1. The fraction of sp³-hybridized carbons (Fsp3) is 0.533. The summed E-state index contributed by atoms with van der Waals surface area (Å²) >= 11 is 0. The van der Waals surface area contributed by atoms with Crippen LogP contribution in [0.2, 0.25) is 0 Å². The summed E-state index contributed by atoms with van der Waals surface area (Å²) in [6.45, 7) is 6.45. The van der Waals surface area contributed by atoms with E-state index >= 15 is 0 Å². The van der Waals surface area contributed by atoms with Gasteiger partial charge in [0, 0.05) is 17.1 Å². The van der Waals surface area contributed by atoms with Crippen molar-refractivity contribution in [2.24, 2.45) is 0 Å². The number of carbonyl (C=O) groups excluding carboxylic acids is 1. The van der Waals surface area contributed by atoms with Crippen LogP contribution in [0.5, 0.6) is 0 Å². The van der Waals surface area contributed by atoms with Gasteiger partial charge in [0.1, 0.15) is 0 Å². The van der Waals surface area contributed by atoms with Crippen LogP contribution in [0.4, 0.5) is 23.7 Å². The molecule has 1 aliphatic heterocycles. The third kappa shape index (κ3) is 4.70. The van der Waals surface area contributed by atoms with Gasteiger partial charge in [0.25, 0.3) is 0 Å². The van der Waals surface area contributed by atoms with Gasteiger partial charge in [-0.25, -0.2) is 9.00 Å². The molecule has 24 heavy (non-hydrogen) atoms. The summed E-state index contributed by atoms with van der Waals surface area (Å²) in [6, 6.07) is 4.41. The van der Waals surface area contributed by atoms with Gasteiger partial charge in [-0.2, -0.15) is 13.2 Å². The Morgan fingerprint density at radius 2 is 1.92 bits per heavy atom. The molecule has 2 rings (SSSR count). The number of alkyl halides is 3. The van der Waals surface area contributed by atoms with Gasteiger partial charge in [-0.05, 0) is 45.0 Å². The average Bonchev–Trinajstić information content (AvgIpc) is 2.44. The molecule has 5 nitrogen and oxygen atoms in total. The monoisotopic (exact) mass is 364 g/mol. The zero-order chi connectivity index (χ0) is 18.1. The van der Waals surface area contributed by atoms with Crippen molar-refractivity contribution in [2.45, 2.75) is 42.9 Å². The highest BCUT2D eigenvalue weighted by Gasteiger charge is 2.38. The van der Waals surface area contributed by atoms with Crippen molar-refractivity contribution in [3.05, 3.63) is 24.3 Å². The zero-order valence-electron chi connectivity index (χ0n) is 13.5. The Labute approximate surface area is 140 Å². The molecule has 9 heteroatoms. The Bertz CT molecular complexity index is 632. The molecule has 0 bridgehead atoms. The van der Waals surface area contributed by atoms with Gasteiger partial charge < -0.3 is 15.0 Å². The minimum absolute atomic E-state index is 0.115. The number of benzene rings is 1. The molecule has 1 fully saturated rings. The number of anilines is 1. The number of nitrogens with one attached hydrogen (secondary N) is 1. The fourth-order valence-corrected chi connectivity index (χ4v) is 3.26. The van der Waals surface area contributed by atoms with Crippen LogP contribution in [-0.4, -0.2) is 45.4 Å². The van der Waals surface area contributed by atoms with E-state index in [4.69, 9.17) is 4.74 Å². The van der Waals surface area contributed by atoms with Crippen molar-refractivity contribution in [1.29, 1.82) is 0 Å². The van der Waals surface area contributed by atoms with E-state index in [0.717, 1.165) is 12.1 Å². The fourth-order valence-electron chi connectivity index (χ4n) is 2.61. The van der Waals surface area contributed by atoms with Gasteiger partial charge in [-0.15, -0.1) is 0 Å². The van der Waals surface area contributed by atoms with Crippen LogP contribution in [0.3, 0.4) is 0 Å². The van der Waals surface area contributed by atoms with Gasteiger partial charge in [0.15, 0.2) is 10.8 Å². The van der Waals surface area contributed by atoms with Crippen LogP contribution in [0.1, 0.15) is 20.8 Å². The number of halogens is 3. The molecule has 0 unspecified atom stereocenters. The van der Waals surface area contributed by atoms with Crippen molar-refractivity contribution in [3.8, 4) is 0 Å². The van der Waals surface area contributed by atoms with Crippen LogP contribution in [0.25, 0.3) is 0 Å². The molecule has 0 aromatic heterocycles. The van der Waals surface area contributed by atoms with E-state index in [1.807, 2.05) is 20.8 Å². The minimum atomic E-state index is -4.81. The topological polar surface area (TPSA) is 58.6 Å². The molecule has 1 aromatic rings. The van der Waals surface area contributed by atoms with Gasteiger partial charge in [0.2, 0.25) is 0 Å². The van der Waals surface area contributed by atoms with Crippen molar-refractivity contribution in [2.75, 3.05) is 18.4 Å². The lowest BCUT2D eigenvalue weighted by atomic mass is 10.1. The lowest BCUT2D eigenvalue weighted by Gasteiger charge is -2.41. The summed E-state index contributed by atoms with van der Waals surface area (Å²) < 4.78 is 54.2. The first-order valence-corrected chi connectivity index (χ1v) is 8.45. The third-order valence-corrected chi connectivity index (χ3v) is 4.51. The maximum atomic E-state index is 12.4. The first kappa shape index (κ1) is 18.7. The first-order chi connectivity index (χ1) is 11.0. The number of hydrogen-bond donors (Lipinski definition) is 1. The molecule has 1 N–H and O–H groups in total. The predicted molar refractivity (Wildman–Crippen MR) is 84.1 cm³/mol. The molecule has 1 saturated heterocycles. The van der Waals surface area contributed by atoms with Gasteiger partial charge in [0.05, 0.1) is 18.2 Å². The number of nitrogens with zero attached hydrogens (tertiary/aromatic N) is 1. The smallest absolute Gasteiger partial charge is 0.369 e. The number of morpholine rings is 1. The third-order valence-electron chi connectivity index (χ3n) is 3.39. The highest BCUT2D eigenvalue weighted by Crippen LogP contribution is 2.27. The number of amides is 2. The van der Waals surface area contributed by atoms with Crippen LogP contribution < -0.4 is 5.32 Å². The second kappa shape index (κ2) is 6.72. The SMILES string of the molecule is C[C@@H]1CN(C(=O)Nc2ccc([S@@](=O)C(F)(F)F)cc2)CC(C)(C)O1. The Morgan fingerprint density at radius 3 is 2.42 bits per heavy atom. The van der Waals surface area contributed by atoms with E-state index in [2.05, 4.69) is 5.32 Å². The Morgan fingerprint density at radius 1 is 1.33 bits per heavy atom. The normalized spacial score (nSPS) is 22.1. The zero-order valence-corrected chi connectivity index (χ0v) is 14.3. The van der Waals surface area contributed by atoms with E-state index in [0.29, 0.717) is 18.8 Å². The summed E-state index contributed by atoms with van der Waals surface area (Å²) in [7, 11) is -3.08.